The minimum Gasteiger partial charge on any atom is -0.507 e. The minimum atomic E-state index is -4.60. The molecule has 6 heterocycles. The molecule has 0 amide bonds. The molecule has 0 spiro atoms. The smallest absolute Gasteiger partial charge is 0.412 e. The van der Waals surface area contributed by atoms with E-state index in [1.807, 2.05) is 0 Å². The lowest BCUT2D eigenvalue weighted by Gasteiger charge is -2.23. The van der Waals surface area contributed by atoms with Crippen molar-refractivity contribution in [3.8, 4) is 56.7 Å². The average molecular weight is 1030 g/mol. The average Bonchev–Trinajstić information content (AvgIpc) is 3.21. The quantitative estimate of drug-likeness (QED) is 0.102. The van der Waals surface area contributed by atoms with Crippen LogP contribution in [-0.2, 0) is 32.7 Å². The van der Waals surface area contributed by atoms with Gasteiger partial charge in [-0.15, -0.1) is 0 Å². The monoisotopic (exact) mass is 1020 g/mol. The van der Waals surface area contributed by atoms with Crippen molar-refractivity contribution in [2.45, 2.75) is 40.0 Å². The van der Waals surface area contributed by atoms with Crippen molar-refractivity contribution in [1.82, 2.24) is 19.9 Å². The lowest BCUT2D eigenvalue weighted by atomic mass is 10.0. The van der Waals surface area contributed by atoms with Gasteiger partial charge in [-0.05, 0) is 88.2 Å². The van der Waals surface area contributed by atoms with Gasteiger partial charge in [0.2, 0.25) is 6.49 Å². The van der Waals surface area contributed by atoms with Crippen molar-refractivity contribution in [3.05, 3.63) is 127 Å². The predicted octanol–water partition coefficient (Wildman–Crippen LogP) is 11.9. The van der Waals surface area contributed by atoms with Gasteiger partial charge in [-0.25, -0.2) is 9.59 Å². The molecule has 0 radical (unpaired) electrons. The Morgan fingerprint density at radius 1 is 0.662 bits per heavy atom. The van der Waals surface area contributed by atoms with Crippen molar-refractivity contribution in [1.29, 1.82) is 0 Å². The fourth-order valence-electron chi connectivity index (χ4n) is 5.56. The number of pyridine rings is 4. The molecule has 0 aromatic carbocycles. The van der Waals surface area contributed by atoms with Gasteiger partial charge in [0.1, 0.15) is 40.6 Å². The second-order valence-electron chi connectivity index (χ2n) is 14.1. The zero-order valence-corrected chi connectivity index (χ0v) is 40.1. The SMILES string of the molecule is CP(C)(=S)OCC(F)(F)F.Cc1cncc(Cl)c1-c1c(O)c(C)c(-c2ccccn2)oc1=O.Cc1cncc(Cl)c1-c1c(OP(C)(=S)OCC(F)(F)F)c(C)c(-c2ccccn2)oc1=O. The highest BCUT2D eigenvalue weighted by Gasteiger charge is 2.33. The van der Waals surface area contributed by atoms with E-state index in [2.05, 4.69) is 36.3 Å². The van der Waals surface area contributed by atoms with Gasteiger partial charge in [0, 0.05) is 66.1 Å². The van der Waals surface area contributed by atoms with Crippen molar-refractivity contribution in [2.24, 2.45) is 0 Å². The van der Waals surface area contributed by atoms with Gasteiger partial charge >= 0.3 is 23.6 Å². The molecule has 1 N–H and O–H groups in total. The van der Waals surface area contributed by atoms with Crippen molar-refractivity contribution < 1.29 is 53.9 Å². The van der Waals surface area contributed by atoms with Crippen LogP contribution in [0.1, 0.15) is 22.3 Å². The highest BCUT2D eigenvalue weighted by atomic mass is 35.5. The van der Waals surface area contributed by atoms with Crippen LogP contribution in [-0.4, -0.2) is 70.6 Å². The van der Waals surface area contributed by atoms with Crippen LogP contribution in [0.4, 0.5) is 26.3 Å². The summed E-state index contributed by atoms with van der Waals surface area (Å²) in [5.41, 5.74) is 1.87. The highest BCUT2D eigenvalue weighted by Crippen LogP contribution is 2.51. The molecular weight excluding hydrogens is 987 g/mol. The van der Waals surface area contributed by atoms with E-state index in [0.717, 1.165) is 0 Å². The third-order valence-electron chi connectivity index (χ3n) is 8.37. The summed E-state index contributed by atoms with van der Waals surface area (Å²) in [4.78, 5) is 41.8. The summed E-state index contributed by atoms with van der Waals surface area (Å²) in [6, 6.07) is 10.2. The molecule has 65 heavy (non-hydrogen) atoms. The second kappa shape index (κ2) is 21.9. The Balaban J connectivity index is 0.000000243. The standard InChI is InChI=1S/C20H17ClF3N2O4PS.C17H13ClN2O3.C4H8F3OPS/c1-11-8-25-9-13(21)15(11)16-18(30-31(3,32)28-10-20(22,23)24)12(2)17(29-19(16)27)14-6-4-5-7-26-14;1-9-7-19-8-11(18)13(9)14-15(21)10(2)16(23-17(14)22)12-5-3-4-6-20-12;1-9(2,10)8-3-4(5,6)7/h4-9H,10H2,1-3H3;3-8,21H,1-2H3;3H2,1-2H3. The number of aromatic nitrogens is 4. The Labute approximate surface area is 388 Å². The molecule has 6 aromatic heterocycles. The van der Waals surface area contributed by atoms with E-state index in [-0.39, 0.29) is 49.8 Å². The molecule has 0 aliphatic carbocycles. The predicted molar refractivity (Wildman–Crippen MR) is 244 cm³/mol. The van der Waals surface area contributed by atoms with Gasteiger partial charge in [-0.1, -0.05) is 47.1 Å². The summed E-state index contributed by atoms with van der Waals surface area (Å²) < 4.78 is 98.4. The molecule has 0 aliphatic heterocycles. The zero-order chi connectivity index (χ0) is 48.7. The fraction of sp³-hybridized carbons (Fsp3) is 0.268. The summed E-state index contributed by atoms with van der Waals surface area (Å²) in [5, 5.41) is 11.0. The minimum absolute atomic E-state index is 0.0343. The molecule has 0 fully saturated rings. The van der Waals surface area contributed by atoms with Gasteiger partial charge in [0.05, 0.1) is 16.3 Å². The molecule has 12 nitrogen and oxygen atoms in total. The maximum atomic E-state index is 13.1. The Bertz CT molecular complexity index is 2830. The number of alkyl halides is 6. The number of aryl methyl sites for hydroxylation is 2. The van der Waals surface area contributed by atoms with Crippen LogP contribution in [0.2, 0.25) is 10.0 Å². The van der Waals surface area contributed by atoms with E-state index in [0.29, 0.717) is 39.2 Å². The van der Waals surface area contributed by atoms with Gasteiger partial charge in [0.25, 0.3) is 0 Å². The first-order valence-corrected chi connectivity index (χ1v) is 25.9. The summed E-state index contributed by atoms with van der Waals surface area (Å²) >= 11 is 22.3. The molecule has 6 aromatic rings. The summed E-state index contributed by atoms with van der Waals surface area (Å²) in [6.45, 7) is 4.63. The molecule has 0 saturated heterocycles. The fourth-order valence-corrected chi connectivity index (χ4v) is 8.15. The maximum Gasteiger partial charge on any atom is 0.412 e. The zero-order valence-electron chi connectivity index (χ0n) is 35.2. The first kappa shape index (κ1) is 53.1. The van der Waals surface area contributed by atoms with E-state index in [4.69, 9.17) is 52.9 Å². The lowest BCUT2D eigenvalue weighted by Crippen LogP contribution is -2.17. The Kier molecular flexibility index (Phi) is 17.9. The first-order valence-electron chi connectivity index (χ1n) is 18.4. The third kappa shape index (κ3) is 15.0. The highest BCUT2D eigenvalue weighted by molar-refractivity contribution is 8.11. The van der Waals surface area contributed by atoms with Crippen LogP contribution in [0.5, 0.6) is 11.5 Å². The summed E-state index contributed by atoms with van der Waals surface area (Å²) in [6.07, 6.45) is -2.10. The molecule has 0 bridgehead atoms. The third-order valence-corrected chi connectivity index (χ3v) is 11.7. The summed E-state index contributed by atoms with van der Waals surface area (Å²) in [7, 11) is 0. The molecular formula is C41H38Cl2F6N4O8P2S2. The van der Waals surface area contributed by atoms with Crippen molar-refractivity contribution in [2.75, 3.05) is 33.2 Å². The first-order chi connectivity index (χ1) is 30.1. The normalized spacial score (nSPS) is 12.6. The molecule has 348 valence electrons. The van der Waals surface area contributed by atoms with E-state index in [1.165, 1.54) is 44.8 Å². The Morgan fingerprint density at radius 3 is 1.49 bits per heavy atom. The van der Waals surface area contributed by atoms with Gasteiger partial charge in [-0.3, -0.25) is 19.9 Å². The van der Waals surface area contributed by atoms with E-state index in [1.54, 1.807) is 76.5 Å². The van der Waals surface area contributed by atoms with Gasteiger partial charge < -0.3 is 27.5 Å². The Morgan fingerprint density at radius 2 is 1.09 bits per heavy atom. The molecule has 0 aliphatic rings. The van der Waals surface area contributed by atoms with Crippen LogP contribution in [0.3, 0.4) is 0 Å². The van der Waals surface area contributed by atoms with Crippen LogP contribution in [0, 0.1) is 27.7 Å². The summed E-state index contributed by atoms with van der Waals surface area (Å²) in [5.74, 6) is 0.0758. The number of halogens is 8. The van der Waals surface area contributed by atoms with Crippen LogP contribution in [0.25, 0.3) is 45.2 Å². The van der Waals surface area contributed by atoms with E-state index >= 15 is 0 Å². The van der Waals surface area contributed by atoms with Crippen LogP contribution < -0.4 is 15.8 Å². The number of hydrogen-bond donors (Lipinski definition) is 1. The van der Waals surface area contributed by atoms with Gasteiger partial charge in [-0.2, -0.15) is 26.3 Å². The van der Waals surface area contributed by atoms with E-state index < -0.39 is 49.6 Å². The van der Waals surface area contributed by atoms with Crippen LogP contribution >= 0.6 is 36.0 Å². The molecule has 24 heteroatoms. The molecule has 0 saturated carbocycles. The number of aromatic hydroxyl groups is 1. The van der Waals surface area contributed by atoms with Crippen molar-refractivity contribution in [3.63, 3.8) is 0 Å². The molecule has 6 rings (SSSR count). The molecule has 1 atom stereocenters. The topological polar surface area (TPSA) is 160 Å². The molecule has 1 unspecified atom stereocenters. The van der Waals surface area contributed by atoms with Crippen molar-refractivity contribution >= 4 is 59.6 Å². The number of hydrogen-bond acceptors (Lipinski definition) is 14. The van der Waals surface area contributed by atoms with Gasteiger partial charge in [0.15, 0.2) is 18.1 Å². The Hall–Kier alpha value is -4.52. The van der Waals surface area contributed by atoms with Crippen LogP contribution in [0.15, 0.2) is 92.0 Å². The maximum absolute atomic E-state index is 13.1. The largest absolute Gasteiger partial charge is 0.507 e. The number of rotatable bonds is 10. The number of nitrogens with zero attached hydrogens (tertiary/aromatic N) is 4. The second-order valence-corrected chi connectivity index (χ2v) is 24.3. The van der Waals surface area contributed by atoms with E-state index in [9.17, 15) is 41.0 Å². The lowest BCUT2D eigenvalue weighted by molar-refractivity contribution is -0.153.